The number of rotatable bonds is 6. The number of hydrogen-bond acceptors (Lipinski definition) is 4. The van der Waals surface area contributed by atoms with Crippen LogP contribution in [0.25, 0.3) is 0 Å². The van der Waals surface area contributed by atoms with E-state index in [0.29, 0.717) is 32.1 Å². The van der Waals surface area contributed by atoms with Crippen molar-refractivity contribution in [3.05, 3.63) is 0 Å². The lowest BCUT2D eigenvalue weighted by atomic mass is 9.98. The Hall–Kier alpha value is -1.15. The SMILES string of the molecule is CC(C)CNC(=O)C(=O)NCC1CCN(S(=O)(=O)C2CC2)CC1. The molecular formula is C15H27N3O4S. The van der Waals surface area contributed by atoms with Crippen molar-refractivity contribution in [1.82, 2.24) is 14.9 Å². The zero-order valence-electron chi connectivity index (χ0n) is 13.9. The minimum atomic E-state index is -3.09. The van der Waals surface area contributed by atoms with Crippen LogP contribution in [0.1, 0.15) is 39.5 Å². The van der Waals surface area contributed by atoms with Gasteiger partial charge < -0.3 is 10.6 Å². The van der Waals surface area contributed by atoms with Gasteiger partial charge in [0.2, 0.25) is 10.0 Å². The predicted molar refractivity (Wildman–Crippen MR) is 87.1 cm³/mol. The second-order valence-electron chi connectivity index (χ2n) is 6.90. The highest BCUT2D eigenvalue weighted by molar-refractivity contribution is 7.90. The summed E-state index contributed by atoms with van der Waals surface area (Å²) in [5, 5.41) is 5.06. The Morgan fingerprint density at radius 2 is 1.61 bits per heavy atom. The van der Waals surface area contributed by atoms with Gasteiger partial charge >= 0.3 is 11.8 Å². The molecule has 23 heavy (non-hydrogen) atoms. The second-order valence-corrected chi connectivity index (χ2v) is 9.11. The fourth-order valence-electron chi connectivity index (χ4n) is 2.64. The Balaban J connectivity index is 1.68. The van der Waals surface area contributed by atoms with E-state index in [-0.39, 0.29) is 11.2 Å². The number of nitrogens with one attached hydrogen (secondary N) is 2. The summed E-state index contributed by atoms with van der Waals surface area (Å²) in [6.45, 7) is 5.84. The molecule has 1 saturated heterocycles. The van der Waals surface area contributed by atoms with Crippen molar-refractivity contribution in [2.45, 2.75) is 44.8 Å². The smallest absolute Gasteiger partial charge is 0.309 e. The van der Waals surface area contributed by atoms with E-state index in [1.165, 1.54) is 0 Å². The van der Waals surface area contributed by atoms with Crippen molar-refractivity contribution in [3.8, 4) is 0 Å². The first kappa shape index (κ1) is 18.2. The molecule has 1 aliphatic carbocycles. The highest BCUT2D eigenvalue weighted by atomic mass is 32.2. The van der Waals surface area contributed by atoms with E-state index >= 15 is 0 Å². The molecule has 1 saturated carbocycles. The predicted octanol–water partition coefficient (Wildman–Crippen LogP) is 0.0790. The van der Waals surface area contributed by atoms with E-state index in [9.17, 15) is 18.0 Å². The van der Waals surface area contributed by atoms with Gasteiger partial charge in [-0.2, -0.15) is 0 Å². The number of carbonyl (C=O) groups is 2. The maximum atomic E-state index is 12.1. The van der Waals surface area contributed by atoms with Gasteiger partial charge in [0.15, 0.2) is 0 Å². The van der Waals surface area contributed by atoms with Gasteiger partial charge in [-0.3, -0.25) is 9.59 Å². The molecule has 2 amide bonds. The normalized spacial score (nSPS) is 20.5. The van der Waals surface area contributed by atoms with Crippen molar-refractivity contribution < 1.29 is 18.0 Å². The number of piperidine rings is 1. The average molecular weight is 345 g/mol. The van der Waals surface area contributed by atoms with E-state index in [1.54, 1.807) is 4.31 Å². The highest BCUT2D eigenvalue weighted by Crippen LogP contribution is 2.32. The van der Waals surface area contributed by atoms with Crippen LogP contribution in [0, 0.1) is 11.8 Å². The summed E-state index contributed by atoms with van der Waals surface area (Å²) in [5.41, 5.74) is 0. The monoisotopic (exact) mass is 345 g/mol. The van der Waals surface area contributed by atoms with Crippen LogP contribution in [0.3, 0.4) is 0 Å². The number of amides is 2. The summed E-state index contributed by atoms with van der Waals surface area (Å²) in [5.74, 6) is -0.696. The Bertz CT molecular complexity index is 535. The highest BCUT2D eigenvalue weighted by Gasteiger charge is 2.41. The quantitative estimate of drug-likeness (QED) is 0.667. The molecule has 1 aliphatic heterocycles. The van der Waals surface area contributed by atoms with Gasteiger partial charge in [0.05, 0.1) is 5.25 Å². The van der Waals surface area contributed by atoms with Gasteiger partial charge in [-0.05, 0) is 37.5 Å². The summed E-state index contributed by atoms with van der Waals surface area (Å²) >= 11 is 0. The molecule has 0 bridgehead atoms. The molecule has 0 aromatic carbocycles. The molecule has 1 heterocycles. The molecule has 132 valence electrons. The summed E-state index contributed by atoms with van der Waals surface area (Å²) in [6, 6.07) is 0. The van der Waals surface area contributed by atoms with Crippen LogP contribution in [0.2, 0.25) is 0 Å². The lowest BCUT2D eigenvalue weighted by Gasteiger charge is -2.31. The van der Waals surface area contributed by atoms with Crippen molar-refractivity contribution in [2.24, 2.45) is 11.8 Å². The molecule has 2 rings (SSSR count). The number of hydrogen-bond donors (Lipinski definition) is 2. The van der Waals surface area contributed by atoms with E-state index in [4.69, 9.17) is 0 Å². The van der Waals surface area contributed by atoms with Gasteiger partial charge in [0.1, 0.15) is 0 Å². The van der Waals surface area contributed by atoms with E-state index in [0.717, 1.165) is 25.7 Å². The van der Waals surface area contributed by atoms with Crippen molar-refractivity contribution in [3.63, 3.8) is 0 Å². The Labute approximate surface area is 138 Å². The third kappa shape index (κ3) is 5.17. The molecule has 2 N–H and O–H groups in total. The van der Waals surface area contributed by atoms with Gasteiger partial charge in [-0.1, -0.05) is 13.8 Å². The van der Waals surface area contributed by atoms with Crippen LogP contribution < -0.4 is 10.6 Å². The molecule has 8 heteroatoms. The van der Waals surface area contributed by atoms with Crippen molar-refractivity contribution >= 4 is 21.8 Å². The van der Waals surface area contributed by atoms with Crippen LogP contribution in [0.5, 0.6) is 0 Å². The topological polar surface area (TPSA) is 95.6 Å². The van der Waals surface area contributed by atoms with E-state index < -0.39 is 21.8 Å². The largest absolute Gasteiger partial charge is 0.348 e. The van der Waals surface area contributed by atoms with Gasteiger partial charge in [0.25, 0.3) is 0 Å². The molecule has 7 nitrogen and oxygen atoms in total. The van der Waals surface area contributed by atoms with Crippen molar-refractivity contribution in [1.29, 1.82) is 0 Å². The van der Waals surface area contributed by atoms with Crippen LogP contribution in [0.15, 0.2) is 0 Å². The molecule has 0 unspecified atom stereocenters. The first-order valence-electron chi connectivity index (χ1n) is 8.35. The van der Waals surface area contributed by atoms with Crippen LogP contribution >= 0.6 is 0 Å². The molecular weight excluding hydrogens is 318 g/mol. The zero-order chi connectivity index (χ0) is 17.0. The van der Waals surface area contributed by atoms with E-state index in [2.05, 4.69) is 10.6 Å². The lowest BCUT2D eigenvalue weighted by Crippen LogP contribution is -2.45. The third-order valence-corrected chi connectivity index (χ3v) is 6.71. The maximum absolute atomic E-state index is 12.1. The standard InChI is InChI=1S/C15H27N3O4S/c1-11(2)9-16-14(19)15(20)17-10-12-5-7-18(8-6-12)23(21,22)13-3-4-13/h11-13H,3-10H2,1-2H3,(H,16,19)(H,17,20). The summed E-state index contributed by atoms with van der Waals surface area (Å²) in [7, 11) is -3.09. The molecule has 0 aromatic rings. The number of carbonyl (C=O) groups excluding carboxylic acids is 2. The summed E-state index contributed by atoms with van der Waals surface area (Å²) in [6.07, 6.45) is 3.01. The molecule has 0 radical (unpaired) electrons. The maximum Gasteiger partial charge on any atom is 0.309 e. The third-order valence-electron chi connectivity index (χ3n) is 4.31. The molecule has 0 aromatic heterocycles. The molecule has 2 aliphatic rings. The van der Waals surface area contributed by atoms with Crippen molar-refractivity contribution in [2.75, 3.05) is 26.2 Å². The number of sulfonamides is 1. The zero-order valence-corrected chi connectivity index (χ0v) is 14.7. The number of nitrogens with zero attached hydrogens (tertiary/aromatic N) is 1. The first-order chi connectivity index (χ1) is 10.8. The first-order valence-corrected chi connectivity index (χ1v) is 9.86. The van der Waals surface area contributed by atoms with Crippen LogP contribution in [-0.4, -0.2) is 56.0 Å². The van der Waals surface area contributed by atoms with Crippen LogP contribution in [0.4, 0.5) is 0 Å². The van der Waals surface area contributed by atoms with Gasteiger partial charge in [-0.25, -0.2) is 12.7 Å². The fourth-order valence-corrected chi connectivity index (χ4v) is 4.51. The average Bonchev–Trinajstić information content (AvgIpc) is 3.35. The van der Waals surface area contributed by atoms with E-state index in [1.807, 2.05) is 13.8 Å². The fraction of sp³-hybridized carbons (Fsp3) is 0.867. The Kier molecular flexibility index (Phi) is 6.02. The van der Waals surface area contributed by atoms with Crippen LogP contribution in [-0.2, 0) is 19.6 Å². The summed E-state index contributed by atoms with van der Waals surface area (Å²) in [4.78, 5) is 23.3. The molecule has 0 atom stereocenters. The Morgan fingerprint density at radius 3 is 2.13 bits per heavy atom. The molecule has 0 spiro atoms. The minimum Gasteiger partial charge on any atom is -0.348 e. The van der Waals surface area contributed by atoms with Gasteiger partial charge in [0, 0.05) is 26.2 Å². The molecule has 2 fully saturated rings. The minimum absolute atomic E-state index is 0.164. The second kappa shape index (κ2) is 7.61. The Morgan fingerprint density at radius 1 is 1.04 bits per heavy atom. The lowest BCUT2D eigenvalue weighted by molar-refractivity contribution is -0.139. The summed E-state index contributed by atoms with van der Waals surface area (Å²) < 4.78 is 25.9. The van der Waals surface area contributed by atoms with Gasteiger partial charge in [-0.15, -0.1) is 0 Å².